The number of esters is 1. The maximum absolute atomic E-state index is 14.6. The summed E-state index contributed by atoms with van der Waals surface area (Å²) in [6.45, 7) is 4.01. The van der Waals surface area contributed by atoms with Crippen LogP contribution >= 0.6 is 0 Å². The van der Waals surface area contributed by atoms with Crippen molar-refractivity contribution < 1.29 is 19.4 Å². The zero-order valence-electron chi connectivity index (χ0n) is 25.3. The summed E-state index contributed by atoms with van der Waals surface area (Å²) in [7, 11) is 1.34. The van der Waals surface area contributed by atoms with Gasteiger partial charge in [0.2, 0.25) is 5.91 Å². The molecule has 1 amide bonds. The largest absolute Gasteiger partial charge is 0.467 e. The SMILES string of the molecule is COC(=O)[C@H](CC(C)C)NC(=O)[C@@H]1C[C@]2(O)c3ccccc3N[C@@H]2N1C(c1ccccc1)(c1ccccc1)c1ccccc1. The third kappa shape index (κ3) is 4.86. The van der Waals surface area contributed by atoms with Crippen molar-refractivity contribution in [1.29, 1.82) is 0 Å². The zero-order valence-corrected chi connectivity index (χ0v) is 25.3. The fourth-order valence-corrected chi connectivity index (χ4v) is 7.22. The van der Waals surface area contributed by atoms with Crippen LogP contribution in [0.4, 0.5) is 5.69 Å². The van der Waals surface area contributed by atoms with E-state index in [1.54, 1.807) is 0 Å². The number of methoxy groups -OCH3 is 1. The number of aliphatic hydroxyl groups is 1. The third-order valence-electron chi connectivity index (χ3n) is 9.03. The van der Waals surface area contributed by atoms with Gasteiger partial charge in [0.15, 0.2) is 0 Å². The summed E-state index contributed by atoms with van der Waals surface area (Å²) in [6, 6.07) is 36.5. The Kier molecular flexibility index (Phi) is 8.01. The molecule has 2 aliphatic heterocycles. The molecule has 0 aromatic heterocycles. The highest BCUT2D eigenvalue weighted by Gasteiger charge is 2.64. The van der Waals surface area contributed by atoms with Gasteiger partial charge in [0, 0.05) is 17.7 Å². The van der Waals surface area contributed by atoms with Gasteiger partial charge in [-0.05, 0) is 35.1 Å². The summed E-state index contributed by atoms with van der Waals surface area (Å²) in [5.74, 6) is -0.678. The number of nitrogens with one attached hydrogen (secondary N) is 2. The van der Waals surface area contributed by atoms with Gasteiger partial charge < -0.3 is 20.5 Å². The molecule has 0 saturated carbocycles. The van der Waals surface area contributed by atoms with Crippen LogP contribution < -0.4 is 10.6 Å². The standard InChI is InChI=1S/C37H39N3O4/c1-25(2)23-31(34(42)44-3)38-33(41)32-24-36(43)29-21-13-14-22-30(29)39-35(36)40(32)37(26-15-7-4-8-16-26,27-17-9-5-10-18-27)28-19-11-6-12-20-28/h4-22,25,31-32,35,39,43H,23-24H2,1-3H3,(H,38,41)/t31-,32-,35+,36-/m0/s1. The summed E-state index contributed by atoms with van der Waals surface area (Å²) in [4.78, 5) is 29.6. The van der Waals surface area contributed by atoms with Gasteiger partial charge in [-0.1, -0.05) is 123 Å². The van der Waals surface area contributed by atoms with E-state index < -0.39 is 35.4 Å². The van der Waals surface area contributed by atoms with Crippen molar-refractivity contribution in [2.75, 3.05) is 12.4 Å². The van der Waals surface area contributed by atoms with Crippen molar-refractivity contribution in [1.82, 2.24) is 10.2 Å². The molecule has 0 radical (unpaired) electrons. The molecule has 0 bridgehead atoms. The molecule has 226 valence electrons. The number of nitrogens with zero attached hydrogens (tertiary/aromatic N) is 1. The predicted octanol–water partition coefficient (Wildman–Crippen LogP) is 5.40. The van der Waals surface area contributed by atoms with Crippen LogP contribution in [0.1, 0.15) is 48.9 Å². The van der Waals surface area contributed by atoms with E-state index in [1.807, 2.05) is 92.7 Å². The van der Waals surface area contributed by atoms with Gasteiger partial charge in [0.1, 0.15) is 17.8 Å². The molecule has 0 aliphatic carbocycles. The van der Waals surface area contributed by atoms with Crippen molar-refractivity contribution in [3.8, 4) is 0 Å². The van der Waals surface area contributed by atoms with E-state index in [4.69, 9.17) is 4.74 Å². The molecule has 2 heterocycles. The lowest BCUT2D eigenvalue weighted by molar-refractivity contribution is -0.146. The Hall–Kier alpha value is -4.46. The summed E-state index contributed by atoms with van der Waals surface area (Å²) in [6.07, 6.45) is -0.115. The normalized spacial score (nSPS) is 21.7. The first kappa shape index (κ1) is 29.6. The molecular formula is C37H39N3O4. The van der Waals surface area contributed by atoms with Gasteiger partial charge in [0.25, 0.3) is 0 Å². The van der Waals surface area contributed by atoms with E-state index in [0.29, 0.717) is 6.42 Å². The molecule has 2 aliphatic rings. The molecule has 4 atom stereocenters. The molecule has 3 N–H and O–H groups in total. The molecule has 0 unspecified atom stereocenters. The fraction of sp³-hybridized carbons (Fsp3) is 0.297. The Balaban J connectivity index is 1.60. The molecule has 4 aromatic carbocycles. The van der Waals surface area contributed by atoms with Crippen molar-refractivity contribution in [3.63, 3.8) is 0 Å². The van der Waals surface area contributed by atoms with Crippen molar-refractivity contribution >= 4 is 17.6 Å². The number of rotatable bonds is 9. The number of fused-ring (bicyclic) bond motifs is 3. The van der Waals surface area contributed by atoms with Crippen LogP contribution in [0.15, 0.2) is 115 Å². The number of anilines is 1. The number of para-hydroxylation sites is 1. The van der Waals surface area contributed by atoms with Gasteiger partial charge >= 0.3 is 5.97 Å². The third-order valence-corrected chi connectivity index (χ3v) is 9.03. The highest BCUT2D eigenvalue weighted by atomic mass is 16.5. The lowest BCUT2D eigenvalue weighted by atomic mass is 9.74. The maximum atomic E-state index is 14.6. The highest BCUT2D eigenvalue weighted by Crippen LogP contribution is 2.56. The van der Waals surface area contributed by atoms with E-state index in [1.165, 1.54) is 7.11 Å². The minimum atomic E-state index is -1.39. The van der Waals surface area contributed by atoms with Crippen LogP contribution in [0.2, 0.25) is 0 Å². The molecule has 44 heavy (non-hydrogen) atoms. The molecule has 6 rings (SSSR count). The number of carbonyl (C=O) groups excluding carboxylic acids is 2. The number of amides is 1. The van der Waals surface area contributed by atoms with Crippen LogP contribution in [0, 0.1) is 5.92 Å². The van der Waals surface area contributed by atoms with Gasteiger partial charge in [-0.3, -0.25) is 9.69 Å². The van der Waals surface area contributed by atoms with Crippen LogP contribution in [-0.2, 0) is 25.5 Å². The van der Waals surface area contributed by atoms with Gasteiger partial charge in [-0.15, -0.1) is 0 Å². The molecular weight excluding hydrogens is 550 g/mol. The van der Waals surface area contributed by atoms with E-state index in [0.717, 1.165) is 27.9 Å². The number of benzene rings is 4. The second-order valence-corrected chi connectivity index (χ2v) is 12.2. The predicted molar refractivity (Wildman–Crippen MR) is 171 cm³/mol. The molecule has 7 heteroatoms. The minimum absolute atomic E-state index is 0.122. The number of hydrogen-bond acceptors (Lipinski definition) is 6. The van der Waals surface area contributed by atoms with Gasteiger partial charge in [0.05, 0.1) is 18.7 Å². The molecule has 1 saturated heterocycles. The molecule has 0 spiro atoms. The summed E-state index contributed by atoms with van der Waals surface area (Å²) in [5, 5.41) is 19.3. The Morgan fingerprint density at radius 2 is 1.39 bits per heavy atom. The number of likely N-dealkylation sites (tertiary alicyclic amines) is 1. The first-order valence-corrected chi connectivity index (χ1v) is 15.2. The number of ether oxygens (including phenoxy) is 1. The highest BCUT2D eigenvalue weighted by molar-refractivity contribution is 5.89. The quantitative estimate of drug-likeness (QED) is 0.179. The van der Waals surface area contributed by atoms with Crippen molar-refractivity contribution in [3.05, 3.63) is 138 Å². The molecule has 4 aromatic rings. The van der Waals surface area contributed by atoms with Crippen molar-refractivity contribution in [2.24, 2.45) is 5.92 Å². The topological polar surface area (TPSA) is 90.9 Å². The Morgan fingerprint density at radius 1 is 0.886 bits per heavy atom. The van der Waals surface area contributed by atoms with Crippen LogP contribution in [0.25, 0.3) is 0 Å². The lowest BCUT2D eigenvalue weighted by Gasteiger charge is -2.48. The maximum Gasteiger partial charge on any atom is 0.328 e. The second-order valence-electron chi connectivity index (χ2n) is 12.2. The second kappa shape index (κ2) is 11.9. The Morgan fingerprint density at radius 3 is 1.89 bits per heavy atom. The summed E-state index contributed by atoms with van der Waals surface area (Å²) >= 11 is 0. The monoisotopic (exact) mass is 589 g/mol. The van der Waals surface area contributed by atoms with Crippen LogP contribution in [0.3, 0.4) is 0 Å². The minimum Gasteiger partial charge on any atom is -0.467 e. The molecule has 1 fully saturated rings. The van der Waals surface area contributed by atoms with Gasteiger partial charge in [-0.2, -0.15) is 0 Å². The van der Waals surface area contributed by atoms with Crippen molar-refractivity contribution in [2.45, 2.75) is 56.1 Å². The average Bonchev–Trinajstić information content (AvgIpc) is 3.51. The van der Waals surface area contributed by atoms with E-state index in [2.05, 4.69) is 51.9 Å². The Labute approximate surface area is 258 Å². The van der Waals surface area contributed by atoms with E-state index >= 15 is 0 Å². The lowest BCUT2D eigenvalue weighted by Crippen LogP contribution is -2.61. The number of hydrogen-bond donors (Lipinski definition) is 3. The summed E-state index contributed by atoms with van der Waals surface area (Å²) in [5.41, 5.74) is 2.03. The van der Waals surface area contributed by atoms with Crippen LogP contribution in [0.5, 0.6) is 0 Å². The zero-order chi connectivity index (χ0) is 30.9. The first-order valence-electron chi connectivity index (χ1n) is 15.2. The smallest absolute Gasteiger partial charge is 0.328 e. The first-order chi connectivity index (χ1) is 21.3. The summed E-state index contributed by atoms with van der Waals surface area (Å²) < 4.78 is 5.09. The van der Waals surface area contributed by atoms with Crippen LogP contribution in [-0.4, -0.2) is 47.2 Å². The van der Waals surface area contributed by atoms with E-state index in [9.17, 15) is 14.7 Å². The van der Waals surface area contributed by atoms with Gasteiger partial charge in [-0.25, -0.2) is 4.79 Å². The average molecular weight is 590 g/mol. The fourth-order valence-electron chi connectivity index (χ4n) is 7.22. The molecule has 7 nitrogen and oxygen atoms in total. The van der Waals surface area contributed by atoms with E-state index in [-0.39, 0.29) is 18.2 Å². The number of carbonyl (C=O) groups is 2. The Bertz CT molecular complexity index is 1520.